The van der Waals surface area contributed by atoms with Crippen LogP contribution in [0.15, 0.2) is 12.3 Å². The van der Waals surface area contributed by atoms with Crippen molar-refractivity contribution in [2.45, 2.75) is 19.3 Å². The smallest absolute Gasteiger partial charge is 0.312 e. The van der Waals surface area contributed by atoms with Gasteiger partial charge < -0.3 is 4.74 Å². The van der Waals surface area contributed by atoms with Gasteiger partial charge in [-0.25, -0.2) is 0 Å². The fourth-order valence-electron chi connectivity index (χ4n) is 1.22. The van der Waals surface area contributed by atoms with Crippen molar-refractivity contribution in [1.29, 1.82) is 0 Å². The molecular weight excluding hydrogens is 206 g/mol. The Morgan fingerprint density at radius 2 is 2.33 bits per heavy atom. The maximum Gasteiger partial charge on any atom is 0.312 e. The molecule has 0 fully saturated rings. The number of rotatable bonds is 4. The number of halogens is 2. The summed E-state index contributed by atoms with van der Waals surface area (Å²) in [6.45, 7) is 1.67. The van der Waals surface area contributed by atoms with Crippen LogP contribution in [0.4, 0.5) is 8.78 Å². The van der Waals surface area contributed by atoms with Crippen molar-refractivity contribution in [3.63, 3.8) is 0 Å². The summed E-state index contributed by atoms with van der Waals surface area (Å²) in [6, 6.07) is 1.18. The van der Waals surface area contributed by atoms with E-state index in [1.165, 1.54) is 19.3 Å². The number of hydrogen-bond donors (Lipinski definition) is 0. The van der Waals surface area contributed by atoms with E-state index in [4.69, 9.17) is 0 Å². The zero-order valence-corrected chi connectivity index (χ0v) is 8.54. The van der Waals surface area contributed by atoms with E-state index in [1.54, 1.807) is 6.92 Å². The van der Waals surface area contributed by atoms with Crippen LogP contribution in [0.2, 0.25) is 0 Å². The second kappa shape index (κ2) is 4.37. The van der Waals surface area contributed by atoms with E-state index in [1.807, 2.05) is 0 Å². The SMILES string of the molecule is CCOC(=O)CC(F)(F)c1ccnn1C. The molecular formula is C9H12F2N2O2. The number of alkyl halides is 2. The summed E-state index contributed by atoms with van der Waals surface area (Å²) >= 11 is 0. The minimum atomic E-state index is -3.24. The summed E-state index contributed by atoms with van der Waals surface area (Å²) < 4.78 is 32.4. The molecule has 6 heteroatoms. The highest BCUT2D eigenvalue weighted by atomic mass is 19.3. The first-order valence-electron chi connectivity index (χ1n) is 4.49. The summed E-state index contributed by atoms with van der Waals surface area (Å²) in [5.74, 6) is -4.15. The molecule has 0 spiro atoms. The minimum absolute atomic E-state index is 0.0975. The van der Waals surface area contributed by atoms with Crippen LogP contribution in [0.25, 0.3) is 0 Å². The highest BCUT2D eigenvalue weighted by Gasteiger charge is 2.37. The van der Waals surface area contributed by atoms with E-state index >= 15 is 0 Å². The summed E-state index contributed by atoms with van der Waals surface area (Å²) in [5, 5.41) is 3.62. The molecule has 1 aromatic rings. The lowest BCUT2D eigenvalue weighted by atomic mass is 10.2. The van der Waals surface area contributed by atoms with Crippen LogP contribution < -0.4 is 0 Å². The Morgan fingerprint density at radius 3 is 2.80 bits per heavy atom. The van der Waals surface area contributed by atoms with Crippen LogP contribution in [0.3, 0.4) is 0 Å². The number of carbonyl (C=O) groups is 1. The van der Waals surface area contributed by atoms with Crippen molar-refractivity contribution in [3.8, 4) is 0 Å². The molecule has 0 aliphatic rings. The van der Waals surface area contributed by atoms with Crippen molar-refractivity contribution in [1.82, 2.24) is 9.78 Å². The molecule has 0 saturated carbocycles. The van der Waals surface area contributed by atoms with Gasteiger partial charge >= 0.3 is 5.97 Å². The molecule has 15 heavy (non-hydrogen) atoms. The lowest BCUT2D eigenvalue weighted by Crippen LogP contribution is -2.23. The standard InChI is InChI=1S/C9H12F2N2O2/c1-3-15-8(14)6-9(10,11)7-4-5-12-13(7)2/h4-5H,3,6H2,1-2H3. The predicted octanol–water partition coefficient (Wildman–Crippen LogP) is 1.47. The summed E-state index contributed by atoms with van der Waals surface area (Å²) in [4.78, 5) is 10.9. The Morgan fingerprint density at radius 1 is 1.67 bits per heavy atom. The minimum Gasteiger partial charge on any atom is -0.466 e. The number of esters is 1. The summed E-state index contributed by atoms with van der Waals surface area (Å²) in [5.41, 5.74) is -0.296. The van der Waals surface area contributed by atoms with Gasteiger partial charge in [-0.3, -0.25) is 9.48 Å². The number of ether oxygens (including phenoxy) is 1. The Kier molecular flexibility index (Phi) is 3.39. The number of aryl methyl sites for hydroxylation is 1. The number of nitrogens with zero attached hydrogens (tertiary/aromatic N) is 2. The molecule has 84 valence electrons. The molecule has 0 aromatic carbocycles. The average Bonchev–Trinajstić information content (AvgIpc) is 2.51. The third-order valence-corrected chi connectivity index (χ3v) is 1.87. The molecule has 1 rings (SSSR count). The molecule has 0 radical (unpaired) electrons. The highest BCUT2D eigenvalue weighted by molar-refractivity contribution is 5.70. The van der Waals surface area contributed by atoms with Gasteiger partial charge in [0.2, 0.25) is 0 Å². The molecule has 0 bridgehead atoms. The van der Waals surface area contributed by atoms with Crippen LogP contribution in [-0.2, 0) is 22.5 Å². The molecule has 0 unspecified atom stereocenters. The van der Waals surface area contributed by atoms with Crippen LogP contribution >= 0.6 is 0 Å². The van der Waals surface area contributed by atoms with E-state index in [0.717, 1.165) is 4.68 Å². The number of aromatic nitrogens is 2. The normalized spacial score (nSPS) is 11.5. The summed E-state index contributed by atoms with van der Waals surface area (Å²) in [6.07, 6.45) is 0.300. The second-order valence-corrected chi connectivity index (χ2v) is 3.03. The molecule has 0 N–H and O–H groups in total. The number of carbonyl (C=O) groups excluding carboxylic acids is 1. The lowest BCUT2D eigenvalue weighted by Gasteiger charge is -2.15. The van der Waals surface area contributed by atoms with Gasteiger partial charge in [0.15, 0.2) is 0 Å². The Balaban J connectivity index is 2.75. The van der Waals surface area contributed by atoms with Crippen LogP contribution in [0, 0.1) is 0 Å². The zero-order chi connectivity index (χ0) is 11.5. The quantitative estimate of drug-likeness (QED) is 0.719. The maximum atomic E-state index is 13.5. The molecule has 0 atom stereocenters. The average molecular weight is 218 g/mol. The second-order valence-electron chi connectivity index (χ2n) is 3.03. The lowest BCUT2D eigenvalue weighted by molar-refractivity contribution is -0.152. The van der Waals surface area contributed by atoms with Gasteiger partial charge in [-0.2, -0.15) is 13.9 Å². The number of hydrogen-bond acceptors (Lipinski definition) is 3. The predicted molar refractivity (Wildman–Crippen MR) is 48.4 cm³/mol. The zero-order valence-electron chi connectivity index (χ0n) is 8.54. The fraction of sp³-hybridized carbons (Fsp3) is 0.556. The van der Waals surface area contributed by atoms with Crippen LogP contribution in [-0.4, -0.2) is 22.4 Å². The van der Waals surface area contributed by atoms with E-state index < -0.39 is 18.3 Å². The first-order valence-corrected chi connectivity index (χ1v) is 4.49. The van der Waals surface area contributed by atoms with Gasteiger partial charge in [-0.1, -0.05) is 0 Å². The molecule has 0 aliphatic carbocycles. The molecule has 0 amide bonds. The Hall–Kier alpha value is -1.46. The van der Waals surface area contributed by atoms with E-state index in [9.17, 15) is 13.6 Å². The van der Waals surface area contributed by atoms with Gasteiger partial charge in [0.25, 0.3) is 5.92 Å². The largest absolute Gasteiger partial charge is 0.466 e. The van der Waals surface area contributed by atoms with Crippen molar-refractivity contribution in [2.24, 2.45) is 7.05 Å². The summed E-state index contributed by atoms with van der Waals surface area (Å²) in [7, 11) is 1.40. The van der Waals surface area contributed by atoms with Crippen molar-refractivity contribution in [2.75, 3.05) is 6.61 Å². The third-order valence-electron chi connectivity index (χ3n) is 1.87. The van der Waals surface area contributed by atoms with Crippen molar-refractivity contribution in [3.05, 3.63) is 18.0 Å². The molecule has 0 aliphatic heterocycles. The molecule has 1 aromatic heterocycles. The van der Waals surface area contributed by atoms with Gasteiger partial charge in [0.05, 0.1) is 6.61 Å². The first kappa shape index (κ1) is 11.6. The van der Waals surface area contributed by atoms with Gasteiger partial charge in [-0.05, 0) is 13.0 Å². The highest BCUT2D eigenvalue weighted by Crippen LogP contribution is 2.31. The molecule has 1 heterocycles. The maximum absolute atomic E-state index is 13.5. The van der Waals surface area contributed by atoms with Crippen molar-refractivity contribution >= 4 is 5.97 Å². The fourth-order valence-corrected chi connectivity index (χ4v) is 1.22. The topological polar surface area (TPSA) is 44.1 Å². The van der Waals surface area contributed by atoms with Gasteiger partial charge in [0.1, 0.15) is 12.1 Å². The van der Waals surface area contributed by atoms with E-state index in [0.29, 0.717) is 0 Å². The van der Waals surface area contributed by atoms with Gasteiger partial charge in [-0.15, -0.1) is 0 Å². The van der Waals surface area contributed by atoms with Crippen molar-refractivity contribution < 1.29 is 18.3 Å². The van der Waals surface area contributed by atoms with E-state index in [-0.39, 0.29) is 12.3 Å². The monoisotopic (exact) mass is 218 g/mol. The van der Waals surface area contributed by atoms with Crippen LogP contribution in [0.1, 0.15) is 19.0 Å². The van der Waals surface area contributed by atoms with Gasteiger partial charge in [0, 0.05) is 13.2 Å². The Bertz CT molecular complexity index is 350. The molecule has 4 nitrogen and oxygen atoms in total. The molecule has 0 saturated heterocycles. The first-order chi connectivity index (χ1) is 6.97. The van der Waals surface area contributed by atoms with Crippen LogP contribution in [0.5, 0.6) is 0 Å². The third kappa shape index (κ3) is 2.74. The Labute approximate surface area is 85.8 Å². The van der Waals surface area contributed by atoms with E-state index in [2.05, 4.69) is 9.84 Å².